The number of anilines is 2. The van der Waals surface area contributed by atoms with E-state index in [0.717, 1.165) is 6.26 Å². The molecule has 0 saturated carbocycles. The van der Waals surface area contributed by atoms with Crippen LogP contribution in [0.15, 0.2) is 53.3 Å². The van der Waals surface area contributed by atoms with Crippen LogP contribution in [0, 0.1) is 0 Å². The van der Waals surface area contributed by atoms with E-state index in [-0.39, 0.29) is 17.1 Å². The molecular formula is C16H14N4O4S. The molecule has 0 aliphatic carbocycles. The molecule has 3 rings (SSSR count). The van der Waals surface area contributed by atoms with E-state index in [1.165, 1.54) is 6.07 Å². The van der Waals surface area contributed by atoms with Crippen molar-refractivity contribution in [3.05, 3.63) is 64.6 Å². The first kappa shape index (κ1) is 16.7. The minimum absolute atomic E-state index is 0.0318. The van der Waals surface area contributed by atoms with Crippen LogP contribution in [0.25, 0.3) is 10.8 Å². The Morgan fingerprint density at radius 3 is 2.28 bits per heavy atom. The number of sulfonamides is 1. The van der Waals surface area contributed by atoms with Gasteiger partial charge in [0.25, 0.3) is 11.5 Å². The zero-order valence-corrected chi connectivity index (χ0v) is 13.9. The fourth-order valence-corrected chi connectivity index (χ4v) is 2.93. The third-order valence-corrected chi connectivity index (χ3v) is 3.97. The van der Waals surface area contributed by atoms with Crippen molar-refractivity contribution in [2.45, 2.75) is 0 Å². The van der Waals surface area contributed by atoms with Gasteiger partial charge in [-0.05, 0) is 18.2 Å². The minimum Gasteiger partial charge on any atom is -0.319 e. The van der Waals surface area contributed by atoms with Crippen molar-refractivity contribution in [3.8, 4) is 0 Å². The Balaban J connectivity index is 2.00. The molecule has 0 spiro atoms. The number of nitrogens with one attached hydrogen (secondary N) is 3. The van der Waals surface area contributed by atoms with Crippen molar-refractivity contribution >= 4 is 38.1 Å². The van der Waals surface area contributed by atoms with Gasteiger partial charge in [0.05, 0.1) is 23.0 Å². The Kier molecular flexibility index (Phi) is 4.24. The van der Waals surface area contributed by atoms with Gasteiger partial charge in [-0.1, -0.05) is 30.3 Å². The molecule has 1 aromatic heterocycles. The average Bonchev–Trinajstić information content (AvgIpc) is 2.56. The van der Waals surface area contributed by atoms with Gasteiger partial charge in [0.2, 0.25) is 10.0 Å². The lowest BCUT2D eigenvalue weighted by atomic mass is 10.1. The number of carbonyl (C=O) groups excluding carboxylic acids is 1. The summed E-state index contributed by atoms with van der Waals surface area (Å²) in [5, 5.41) is 9.45. The highest BCUT2D eigenvalue weighted by Gasteiger charge is 2.16. The zero-order valence-electron chi connectivity index (χ0n) is 13.1. The van der Waals surface area contributed by atoms with Crippen LogP contribution in [0.4, 0.5) is 11.4 Å². The van der Waals surface area contributed by atoms with E-state index in [1.54, 1.807) is 42.5 Å². The van der Waals surface area contributed by atoms with Crippen molar-refractivity contribution < 1.29 is 13.2 Å². The maximum absolute atomic E-state index is 12.6. The second-order valence-corrected chi connectivity index (χ2v) is 7.07. The van der Waals surface area contributed by atoms with Crippen LogP contribution >= 0.6 is 0 Å². The summed E-state index contributed by atoms with van der Waals surface area (Å²) in [5.74, 6) is -0.574. The monoisotopic (exact) mass is 358 g/mol. The number of carbonyl (C=O) groups is 1. The molecule has 1 amide bonds. The average molecular weight is 358 g/mol. The predicted molar refractivity (Wildman–Crippen MR) is 95.2 cm³/mol. The first-order valence-electron chi connectivity index (χ1n) is 7.21. The summed E-state index contributed by atoms with van der Waals surface area (Å²) in [4.78, 5) is 24.4. The molecule has 1 heterocycles. The van der Waals surface area contributed by atoms with E-state index in [2.05, 4.69) is 20.2 Å². The fraction of sp³-hybridized carbons (Fsp3) is 0.0625. The Bertz CT molecular complexity index is 1120. The molecule has 25 heavy (non-hydrogen) atoms. The number of amides is 1. The van der Waals surface area contributed by atoms with Crippen LogP contribution < -0.4 is 15.6 Å². The molecule has 2 aromatic carbocycles. The van der Waals surface area contributed by atoms with Crippen molar-refractivity contribution in [2.24, 2.45) is 0 Å². The normalized spacial score (nSPS) is 11.2. The summed E-state index contributed by atoms with van der Waals surface area (Å²) in [7, 11) is -3.50. The van der Waals surface area contributed by atoms with E-state index in [9.17, 15) is 18.0 Å². The van der Waals surface area contributed by atoms with Gasteiger partial charge in [-0.25, -0.2) is 13.5 Å². The molecule has 0 aliphatic heterocycles. The lowest BCUT2D eigenvalue weighted by molar-refractivity contribution is 0.102. The summed E-state index contributed by atoms with van der Waals surface area (Å²) in [5.41, 5.74) is 0.137. The summed E-state index contributed by atoms with van der Waals surface area (Å²) in [6.45, 7) is 0. The van der Waals surface area contributed by atoms with Gasteiger partial charge in [0.15, 0.2) is 5.69 Å². The number of fused-ring (bicyclic) bond motifs is 1. The molecule has 0 radical (unpaired) electrons. The van der Waals surface area contributed by atoms with Gasteiger partial charge in [-0.15, -0.1) is 0 Å². The highest BCUT2D eigenvalue weighted by molar-refractivity contribution is 7.92. The summed E-state index contributed by atoms with van der Waals surface area (Å²) < 4.78 is 25.2. The largest absolute Gasteiger partial charge is 0.319 e. The molecule has 0 aliphatic rings. The molecule has 3 aromatic rings. The second-order valence-electron chi connectivity index (χ2n) is 5.32. The Morgan fingerprint density at radius 2 is 1.60 bits per heavy atom. The standard InChI is InChI=1S/C16H14N4O4S/c1-25(23,24)20-13-9-5-4-8-12(13)17-16(22)14-10-6-2-3-7-11(10)15(21)19-18-14/h2-9,20H,1H3,(H,17,22)(H,19,21). The summed E-state index contributed by atoms with van der Waals surface area (Å²) in [6, 6.07) is 13.0. The second kappa shape index (κ2) is 6.36. The molecule has 0 fully saturated rings. The first-order valence-corrected chi connectivity index (χ1v) is 9.10. The van der Waals surface area contributed by atoms with E-state index >= 15 is 0 Å². The van der Waals surface area contributed by atoms with E-state index < -0.39 is 21.5 Å². The number of benzene rings is 2. The smallest absolute Gasteiger partial charge is 0.276 e. The van der Waals surface area contributed by atoms with Crippen LogP contribution in [0.3, 0.4) is 0 Å². The minimum atomic E-state index is -3.50. The van der Waals surface area contributed by atoms with Crippen LogP contribution in [0.1, 0.15) is 10.5 Å². The lowest BCUT2D eigenvalue weighted by Gasteiger charge is -2.12. The summed E-state index contributed by atoms with van der Waals surface area (Å²) in [6.07, 6.45) is 1.02. The highest BCUT2D eigenvalue weighted by Crippen LogP contribution is 2.23. The molecule has 128 valence electrons. The van der Waals surface area contributed by atoms with Gasteiger partial charge in [0, 0.05) is 5.39 Å². The molecular weight excluding hydrogens is 344 g/mol. The first-order chi connectivity index (χ1) is 11.8. The van der Waals surface area contributed by atoms with E-state index in [1.807, 2.05) is 0 Å². The van der Waals surface area contributed by atoms with Gasteiger partial charge in [-0.2, -0.15) is 5.10 Å². The number of hydrogen-bond donors (Lipinski definition) is 3. The number of hydrogen-bond acceptors (Lipinski definition) is 5. The predicted octanol–water partition coefficient (Wildman–Crippen LogP) is 1.55. The third-order valence-electron chi connectivity index (χ3n) is 3.38. The third kappa shape index (κ3) is 3.66. The van der Waals surface area contributed by atoms with Crippen molar-refractivity contribution in [3.63, 3.8) is 0 Å². The number of H-pyrrole nitrogens is 1. The fourth-order valence-electron chi connectivity index (χ4n) is 2.35. The number of rotatable bonds is 4. The van der Waals surface area contributed by atoms with E-state index in [0.29, 0.717) is 10.8 Å². The maximum Gasteiger partial charge on any atom is 0.276 e. The molecule has 0 bridgehead atoms. The lowest BCUT2D eigenvalue weighted by Crippen LogP contribution is -2.20. The van der Waals surface area contributed by atoms with Gasteiger partial charge in [0.1, 0.15) is 0 Å². The molecule has 9 heteroatoms. The molecule has 0 atom stereocenters. The van der Waals surface area contributed by atoms with Gasteiger partial charge >= 0.3 is 0 Å². The Hall–Kier alpha value is -3.20. The molecule has 3 N–H and O–H groups in total. The number of para-hydroxylation sites is 2. The van der Waals surface area contributed by atoms with Crippen molar-refractivity contribution in [1.82, 2.24) is 10.2 Å². The van der Waals surface area contributed by atoms with Crippen LogP contribution in [-0.4, -0.2) is 30.8 Å². The molecule has 8 nitrogen and oxygen atoms in total. The molecule has 0 saturated heterocycles. The number of aromatic amines is 1. The van der Waals surface area contributed by atoms with Crippen LogP contribution in [0.2, 0.25) is 0 Å². The quantitative estimate of drug-likeness (QED) is 0.653. The highest BCUT2D eigenvalue weighted by atomic mass is 32.2. The van der Waals surface area contributed by atoms with Crippen molar-refractivity contribution in [1.29, 1.82) is 0 Å². The van der Waals surface area contributed by atoms with Gasteiger partial charge < -0.3 is 5.32 Å². The summed E-state index contributed by atoms with van der Waals surface area (Å²) >= 11 is 0. The zero-order chi connectivity index (χ0) is 18.0. The topological polar surface area (TPSA) is 121 Å². The number of aromatic nitrogens is 2. The van der Waals surface area contributed by atoms with Crippen molar-refractivity contribution in [2.75, 3.05) is 16.3 Å². The van der Waals surface area contributed by atoms with E-state index in [4.69, 9.17) is 0 Å². The SMILES string of the molecule is CS(=O)(=O)Nc1ccccc1NC(=O)c1n[nH]c(=O)c2ccccc12. The maximum atomic E-state index is 12.6. The Labute approximate surface area is 142 Å². The molecule has 0 unspecified atom stereocenters. The Morgan fingerprint density at radius 1 is 1.00 bits per heavy atom. The van der Waals surface area contributed by atoms with Crippen LogP contribution in [0.5, 0.6) is 0 Å². The van der Waals surface area contributed by atoms with Gasteiger partial charge in [-0.3, -0.25) is 14.3 Å². The van der Waals surface area contributed by atoms with Crippen LogP contribution in [-0.2, 0) is 10.0 Å². The number of nitrogens with zero attached hydrogens (tertiary/aromatic N) is 1.